The fraction of sp³-hybridized carbons (Fsp3) is 0.577. The first kappa shape index (κ1) is 25.4. The van der Waals surface area contributed by atoms with Crippen molar-refractivity contribution in [2.24, 2.45) is 17.3 Å². The number of halogens is 4. The van der Waals surface area contributed by atoms with Crippen molar-refractivity contribution in [2.45, 2.75) is 77.6 Å². The topological polar surface area (TPSA) is 66.5 Å². The van der Waals surface area contributed by atoms with Crippen molar-refractivity contribution in [3.8, 4) is 0 Å². The van der Waals surface area contributed by atoms with Crippen LogP contribution in [-0.4, -0.2) is 40.3 Å². The Labute approximate surface area is 201 Å². The maximum Gasteiger partial charge on any atom is 0.425 e. The number of carbonyl (C=O) groups is 3. The van der Waals surface area contributed by atoms with Gasteiger partial charge >= 0.3 is 6.18 Å². The Kier molecular flexibility index (Phi) is 6.13. The Bertz CT molecular complexity index is 1090. The average Bonchev–Trinajstić information content (AvgIpc) is 2.98. The van der Waals surface area contributed by atoms with Gasteiger partial charge in [0.1, 0.15) is 5.82 Å². The minimum atomic E-state index is -5.27. The molecule has 0 spiro atoms. The number of nitrogens with zero attached hydrogens (tertiary/aromatic N) is 1. The number of hydrogen-bond acceptors (Lipinski definition) is 3. The zero-order valence-electron chi connectivity index (χ0n) is 20.3. The Morgan fingerprint density at radius 2 is 1.69 bits per heavy atom. The molecule has 1 aromatic rings. The molecule has 1 aromatic carbocycles. The van der Waals surface area contributed by atoms with Gasteiger partial charge in [0.15, 0.2) is 5.78 Å². The van der Waals surface area contributed by atoms with Gasteiger partial charge in [-0.3, -0.25) is 14.4 Å². The number of nitrogens with one attached hydrogen (secondary N) is 1. The van der Waals surface area contributed by atoms with E-state index in [2.05, 4.69) is 0 Å². The van der Waals surface area contributed by atoms with Gasteiger partial charge in [-0.25, -0.2) is 4.39 Å². The van der Waals surface area contributed by atoms with Crippen LogP contribution in [-0.2, 0) is 9.59 Å². The highest BCUT2D eigenvalue weighted by Crippen LogP contribution is 2.54. The van der Waals surface area contributed by atoms with Crippen LogP contribution in [0.5, 0.6) is 0 Å². The van der Waals surface area contributed by atoms with Gasteiger partial charge in [-0.2, -0.15) is 13.2 Å². The zero-order valence-corrected chi connectivity index (χ0v) is 20.3. The first-order valence-corrected chi connectivity index (χ1v) is 11.9. The molecule has 0 aromatic heterocycles. The molecular formula is C26H30F4N2O3. The third kappa shape index (κ3) is 4.06. The summed E-state index contributed by atoms with van der Waals surface area (Å²) >= 11 is 0. The van der Waals surface area contributed by atoms with Crippen LogP contribution in [0.2, 0.25) is 0 Å². The number of allylic oxidation sites excluding steroid dienone is 1. The first-order valence-electron chi connectivity index (χ1n) is 11.9. The monoisotopic (exact) mass is 494 g/mol. The molecule has 1 saturated carbocycles. The summed E-state index contributed by atoms with van der Waals surface area (Å²) in [5, 5.41) is 1.91. The van der Waals surface area contributed by atoms with Crippen LogP contribution in [0.25, 0.3) is 0 Å². The quantitative estimate of drug-likeness (QED) is 0.590. The van der Waals surface area contributed by atoms with Gasteiger partial charge in [0.05, 0.1) is 5.57 Å². The molecule has 35 heavy (non-hydrogen) atoms. The lowest BCUT2D eigenvalue weighted by Gasteiger charge is -2.43. The lowest BCUT2D eigenvalue weighted by Crippen LogP contribution is -2.67. The molecule has 4 atom stereocenters. The summed E-state index contributed by atoms with van der Waals surface area (Å²) in [5.74, 6) is -3.88. The summed E-state index contributed by atoms with van der Waals surface area (Å²) in [6.45, 7) is 7.50. The number of ketones is 1. The molecule has 5 nitrogen and oxygen atoms in total. The number of hydrogen-bond donors (Lipinski definition) is 1. The van der Waals surface area contributed by atoms with Crippen molar-refractivity contribution in [3.63, 3.8) is 0 Å². The third-order valence-corrected chi connectivity index (χ3v) is 7.89. The highest BCUT2D eigenvalue weighted by Gasteiger charge is 2.72. The van der Waals surface area contributed by atoms with Crippen molar-refractivity contribution < 1.29 is 31.9 Å². The summed E-state index contributed by atoms with van der Waals surface area (Å²) in [6, 6.07) is 3.46. The Hall–Kier alpha value is -2.71. The van der Waals surface area contributed by atoms with Crippen LogP contribution >= 0.6 is 0 Å². The van der Waals surface area contributed by atoms with Gasteiger partial charge in [-0.15, -0.1) is 0 Å². The normalized spacial score (nSPS) is 31.0. The molecule has 1 fully saturated rings. The third-order valence-electron chi connectivity index (χ3n) is 7.89. The molecule has 4 rings (SSSR count). The van der Waals surface area contributed by atoms with Crippen molar-refractivity contribution in [1.82, 2.24) is 10.2 Å². The van der Waals surface area contributed by atoms with Crippen LogP contribution in [0, 0.1) is 23.1 Å². The fourth-order valence-corrected chi connectivity index (χ4v) is 5.89. The summed E-state index contributed by atoms with van der Waals surface area (Å²) < 4.78 is 58.2. The van der Waals surface area contributed by atoms with E-state index in [9.17, 15) is 31.9 Å². The molecule has 1 heterocycles. The summed E-state index contributed by atoms with van der Waals surface area (Å²) in [6.07, 6.45) is -3.16. The second-order valence-electron chi connectivity index (χ2n) is 11.0. The second kappa shape index (κ2) is 8.45. The molecule has 0 radical (unpaired) electrons. The number of Topliss-reactive ketones (excluding diaryl/α,β-unsaturated/α-hetero) is 1. The Balaban J connectivity index is 1.89. The zero-order chi connectivity index (χ0) is 25.9. The molecule has 190 valence electrons. The molecule has 0 unspecified atom stereocenters. The minimum absolute atomic E-state index is 0.0685. The predicted octanol–water partition coefficient (Wildman–Crippen LogP) is 5.17. The van der Waals surface area contributed by atoms with Crippen LogP contribution in [0.3, 0.4) is 0 Å². The van der Waals surface area contributed by atoms with E-state index in [-0.39, 0.29) is 35.9 Å². The Morgan fingerprint density at radius 3 is 2.29 bits per heavy atom. The van der Waals surface area contributed by atoms with Crippen molar-refractivity contribution in [3.05, 3.63) is 46.9 Å². The van der Waals surface area contributed by atoms with Crippen molar-refractivity contribution in [2.75, 3.05) is 0 Å². The van der Waals surface area contributed by atoms with Gasteiger partial charge in [-0.05, 0) is 54.4 Å². The molecule has 9 heteroatoms. The number of alkyl halides is 3. The predicted molar refractivity (Wildman–Crippen MR) is 121 cm³/mol. The molecular weight excluding hydrogens is 464 g/mol. The summed E-state index contributed by atoms with van der Waals surface area (Å²) in [4.78, 5) is 41.4. The summed E-state index contributed by atoms with van der Waals surface area (Å²) in [7, 11) is 0. The van der Waals surface area contributed by atoms with Gasteiger partial charge in [-0.1, -0.05) is 40.5 Å². The van der Waals surface area contributed by atoms with Crippen LogP contribution in [0.1, 0.15) is 70.2 Å². The van der Waals surface area contributed by atoms with E-state index in [0.29, 0.717) is 6.42 Å². The SMILES string of the molecule is C[C@@H]1[C@@H](C)CCC[C@@H]1N1C(=O)[C@@](NC(=O)c2ccc(F)cc2)(C(F)(F)F)C2=C1CC(C)(C)CC2=O. The first-order chi connectivity index (χ1) is 16.2. The maximum atomic E-state index is 14.9. The lowest BCUT2D eigenvalue weighted by atomic mass is 9.72. The summed E-state index contributed by atoms with van der Waals surface area (Å²) in [5.41, 5.74) is -4.97. The number of benzene rings is 1. The van der Waals surface area contributed by atoms with Crippen molar-refractivity contribution >= 4 is 17.6 Å². The van der Waals surface area contributed by atoms with Gasteiger partial charge in [0.2, 0.25) is 5.54 Å². The molecule has 3 aliphatic rings. The smallest absolute Gasteiger partial charge is 0.326 e. The maximum absolute atomic E-state index is 14.9. The average molecular weight is 495 g/mol. The molecule has 2 aliphatic carbocycles. The van der Waals surface area contributed by atoms with Crippen LogP contribution < -0.4 is 5.32 Å². The highest BCUT2D eigenvalue weighted by molar-refractivity contribution is 6.14. The molecule has 0 saturated heterocycles. The van der Waals surface area contributed by atoms with E-state index >= 15 is 0 Å². The number of rotatable bonds is 3. The molecule has 2 amide bonds. The van der Waals surface area contributed by atoms with Crippen LogP contribution in [0.15, 0.2) is 35.5 Å². The minimum Gasteiger partial charge on any atom is -0.326 e. The fourth-order valence-electron chi connectivity index (χ4n) is 5.89. The van der Waals surface area contributed by atoms with E-state index in [1.807, 2.05) is 19.2 Å². The van der Waals surface area contributed by atoms with Gasteiger partial charge < -0.3 is 10.2 Å². The Morgan fingerprint density at radius 1 is 1.06 bits per heavy atom. The lowest BCUT2D eigenvalue weighted by molar-refractivity contribution is -0.192. The molecule has 0 bridgehead atoms. The van der Waals surface area contributed by atoms with Gasteiger partial charge in [0, 0.05) is 23.7 Å². The molecule has 1 N–H and O–H groups in total. The van der Waals surface area contributed by atoms with Crippen LogP contribution in [0.4, 0.5) is 17.6 Å². The van der Waals surface area contributed by atoms with E-state index < -0.39 is 52.2 Å². The van der Waals surface area contributed by atoms with Crippen molar-refractivity contribution in [1.29, 1.82) is 0 Å². The van der Waals surface area contributed by atoms with E-state index in [1.165, 1.54) is 4.90 Å². The second-order valence-corrected chi connectivity index (χ2v) is 11.0. The van der Waals surface area contributed by atoms with E-state index in [0.717, 1.165) is 37.1 Å². The highest BCUT2D eigenvalue weighted by atomic mass is 19.4. The number of amides is 2. The van der Waals surface area contributed by atoms with E-state index in [1.54, 1.807) is 13.8 Å². The standard InChI is InChI=1S/C26H30F4N2O3/c1-14-6-5-7-18(15(14)2)32-19-12-24(3,4)13-20(33)21(19)25(23(32)35,26(28,29)30)31-22(34)16-8-10-17(27)11-9-16/h8-11,14-15,18H,5-7,12-13H2,1-4H3,(H,31,34)/t14-,15+,18-,25+/m0/s1. The van der Waals surface area contributed by atoms with Gasteiger partial charge in [0.25, 0.3) is 11.8 Å². The van der Waals surface area contributed by atoms with E-state index in [4.69, 9.17) is 0 Å². The number of carbonyl (C=O) groups excluding carboxylic acids is 3. The largest absolute Gasteiger partial charge is 0.425 e. The molecule has 1 aliphatic heterocycles.